The van der Waals surface area contributed by atoms with Gasteiger partial charge in [0.25, 0.3) is 0 Å². The second-order valence-electron chi connectivity index (χ2n) is 9.81. The number of halogens is 2. The van der Waals surface area contributed by atoms with Gasteiger partial charge in [-0.3, -0.25) is 4.79 Å². The van der Waals surface area contributed by atoms with Crippen molar-refractivity contribution in [3.05, 3.63) is 33.8 Å². The van der Waals surface area contributed by atoms with Gasteiger partial charge in [-0.05, 0) is 56.2 Å². The summed E-state index contributed by atoms with van der Waals surface area (Å²) in [6, 6.07) is 5.77. The van der Waals surface area contributed by atoms with Crippen LogP contribution in [0.25, 0.3) is 0 Å². The zero-order valence-corrected chi connectivity index (χ0v) is 19.1. The molecule has 3 nitrogen and oxygen atoms in total. The van der Waals surface area contributed by atoms with Crippen LogP contribution in [0.4, 0.5) is 0 Å². The van der Waals surface area contributed by atoms with E-state index in [9.17, 15) is 4.79 Å². The SMILES string of the molecule is C[C@H]1CC[C@H]2[C@H](C1)O[C@H](c1ccc(Cl)c(Cl)c1)C[C@]2(C)NC(=O)C1CCCCC1. The van der Waals surface area contributed by atoms with Gasteiger partial charge in [-0.2, -0.15) is 0 Å². The first kappa shape index (κ1) is 21.5. The standard InChI is InChI=1S/C24H33Cl2NO2/c1-15-8-10-18-21(12-15)29-22(17-9-11-19(25)20(26)13-17)14-24(18,2)27-23(28)16-6-4-3-5-7-16/h9,11,13,15-16,18,21-22H,3-8,10,12,14H2,1-2H3,(H,27,28)/t15-,18-,21-,22-,24-/m0/s1. The first-order valence-electron chi connectivity index (χ1n) is 11.3. The minimum atomic E-state index is -0.256. The summed E-state index contributed by atoms with van der Waals surface area (Å²) in [7, 11) is 0. The van der Waals surface area contributed by atoms with Crippen LogP contribution in [0.15, 0.2) is 18.2 Å². The van der Waals surface area contributed by atoms with E-state index in [1.807, 2.05) is 18.2 Å². The molecule has 1 aliphatic heterocycles. The molecule has 5 heteroatoms. The predicted molar refractivity (Wildman–Crippen MR) is 118 cm³/mol. The number of rotatable bonds is 3. The molecule has 1 heterocycles. The maximum absolute atomic E-state index is 13.2. The Morgan fingerprint density at radius 3 is 2.59 bits per heavy atom. The van der Waals surface area contributed by atoms with Crippen molar-refractivity contribution >= 4 is 29.1 Å². The van der Waals surface area contributed by atoms with Crippen molar-refractivity contribution in [2.45, 2.75) is 89.4 Å². The molecular weight excluding hydrogens is 405 g/mol. The average Bonchev–Trinajstić information content (AvgIpc) is 2.70. The summed E-state index contributed by atoms with van der Waals surface area (Å²) in [6.07, 6.45) is 9.91. The highest BCUT2D eigenvalue weighted by Crippen LogP contribution is 2.48. The molecule has 1 amide bonds. The number of carbonyl (C=O) groups is 1. The van der Waals surface area contributed by atoms with Gasteiger partial charge in [-0.1, -0.05) is 61.9 Å². The number of nitrogens with one attached hydrogen (secondary N) is 1. The smallest absolute Gasteiger partial charge is 0.223 e. The van der Waals surface area contributed by atoms with Gasteiger partial charge in [0.05, 0.1) is 22.3 Å². The van der Waals surface area contributed by atoms with Gasteiger partial charge >= 0.3 is 0 Å². The zero-order valence-electron chi connectivity index (χ0n) is 17.6. The molecule has 2 aliphatic carbocycles. The number of hydrogen-bond acceptors (Lipinski definition) is 2. The quantitative estimate of drug-likeness (QED) is 0.569. The third-order valence-electron chi connectivity index (χ3n) is 7.52. The second-order valence-corrected chi connectivity index (χ2v) is 10.6. The lowest BCUT2D eigenvalue weighted by Gasteiger charge is -2.52. The number of fused-ring (bicyclic) bond motifs is 1. The van der Waals surface area contributed by atoms with E-state index in [1.54, 1.807) is 0 Å². The highest BCUT2D eigenvalue weighted by molar-refractivity contribution is 6.42. The fourth-order valence-corrected chi connectivity index (χ4v) is 6.11. The number of amides is 1. The Morgan fingerprint density at radius 2 is 1.86 bits per heavy atom. The third kappa shape index (κ3) is 4.62. The van der Waals surface area contributed by atoms with Gasteiger partial charge in [0.2, 0.25) is 5.91 Å². The topological polar surface area (TPSA) is 38.3 Å². The number of carbonyl (C=O) groups excluding carboxylic acids is 1. The molecule has 1 aromatic carbocycles. The maximum Gasteiger partial charge on any atom is 0.223 e. The molecule has 4 rings (SSSR count). The maximum atomic E-state index is 13.2. The Bertz CT molecular complexity index is 748. The van der Waals surface area contributed by atoms with E-state index in [1.165, 1.54) is 25.7 Å². The van der Waals surface area contributed by atoms with E-state index in [0.717, 1.165) is 37.7 Å². The monoisotopic (exact) mass is 437 g/mol. The van der Waals surface area contributed by atoms with Crippen LogP contribution in [-0.2, 0) is 9.53 Å². The molecule has 0 spiro atoms. The van der Waals surface area contributed by atoms with Gasteiger partial charge in [0.15, 0.2) is 0 Å². The number of benzene rings is 1. The van der Waals surface area contributed by atoms with Gasteiger partial charge in [-0.25, -0.2) is 0 Å². The first-order valence-corrected chi connectivity index (χ1v) is 12.0. The van der Waals surface area contributed by atoms with Crippen LogP contribution in [0.3, 0.4) is 0 Å². The van der Waals surface area contributed by atoms with Crippen molar-refractivity contribution in [2.75, 3.05) is 0 Å². The van der Waals surface area contributed by atoms with Crippen molar-refractivity contribution in [3.63, 3.8) is 0 Å². The summed E-state index contributed by atoms with van der Waals surface area (Å²) in [5.41, 5.74) is 0.795. The predicted octanol–water partition coefficient (Wildman–Crippen LogP) is 6.71. The molecule has 3 fully saturated rings. The van der Waals surface area contributed by atoms with Crippen LogP contribution in [0.1, 0.15) is 83.3 Å². The van der Waals surface area contributed by atoms with E-state index in [-0.39, 0.29) is 29.6 Å². The highest BCUT2D eigenvalue weighted by Gasteiger charge is 2.50. The summed E-state index contributed by atoms with van der Waals surface area (Å²) in [4.78, 5) is 13.2. The molecule has 0 radical (unpaired) electrons. The normalized spacial score (nSPS) is 35.7. The lowest BCUT2D eigenvalue weighted by atomic mass is 9.66. The average molecular weight is 438 g/mol. The van der Waals surface area contributed by atoms with E-state index < -0.39 is 0 Å². The molecule has 0 bridgehead atoms. The van der Waals surface area contributed by atoms with E-state index in [0.29, 0.717) is 21.9 Å². The lowest BCUT2D eigenvalue weighted by molar-refractivity contribution is -0.155. The van der Waals surface area contributed by atoms with Crippen molar-refractivity contribution in [2.24, 2.45) is 17.8 Å². The summed E-state index contributed by atoms with van der Waals surface area (Å²) in [5.74, 6) is 1.44. The largest absolute Gasteiger partial charge is 0.370 e. The summed E-state index contributed by atoms with van der Waals surface area (Å²) >= 11 is 12.4. The van der Waals surface area contributed by atoms with Crippen LogP contribution in [0.2, 0.25) is 10.0 Å². The van der Waals surface area contributed by atoms with Gasteiger partial charge < -0.3 is 10.1 Å². The van der Waals surface area contributed by atoms with Crippen LogP contribution < -0.4 is 5.32 Å². The number of hydrogen-bond donors (Lipinski definition) is 1. The second kappa shape index (κ2) is 8.77. The molecule has 3 aliphatic rings. The molecule has 5 atom stereocenters. The van der Waals surface area contributed by atoms with Crippen molar-refractivity contribution < 1.29 is 9.53 Å². The molecule has 0 unspecified atom stereocenters. The van der Waals surface area contributed by atoms with Gasteiger partial charge in [0.1, 0.15) is 0 Å². The molecule has 0 aromatic heterocycles. The van der Waals surface area contributed by atoms with Crippen molar-refractivity contribution in [1.29, 1.82) is 0 Å². The third-order valence-corrected chi connectivity index (χ3v) is 8.26. The van der Waals surface area contributed by atoms with Crippen LogP contribution in [0.5, 0.6) is 0 Å². The summed E-state index contributed by atoms with van der Waals surface area (Å²) in [5, 5.41) is 4.64. The fraction of sp³-hybridized carbons (Fsp3) is 0.708. The highest BCUT2D eigenvalue weighted by atomic mass is 35.5. The minimum absolute atomic E-state index is 0.0760. The minimum Gasteiger partial charge on any atom is -0.370 e. The summed E-state index contributed by atoms with van der Waals surface area (Å²) in [6.45, 7) is 4.55. The Kier molecular flexibility index (Phi) is 6.49. The van der Waals surface area contributed by atoms with Gasteiger partial charge in [-0.15, -0.1) is 0 Å². The number of ether oxygens (including phenoxy) is 1. The van der Waals surface area contributed by atoms with Crippen molar-refractivity contribution in [3.8, 4) is 0 Å². The molecular formula is C24H33Cl2NO2. The molecule has 1 aromatic rings. The Balaban J connectivity index is 1.58. The molecule has 1 saturated heterocycles. The van der Waals surface area contributed by atoms with E-state index in [4.69, 9.17) is 27.9 Å². The van der Waals surface area contributed by atoms with Crippen LogP contribution in [0, 0.1) is 17.8 Å². The van der Waals surface area contributed by atoms with E-state index >= 15 is 0 Å². The first-order chi connectivity index (χ1) is 13.9. The Morgan fingerprint density at radius 1 is 1.10 bits per heavy atom. The Labute approximate surface area is 184 Å². The molecule has 29 heavy (non-hydrogen) atoms. The van der Waals surface area contributed by atoms with Crippen LogP contribution in [-0.4, -0.2) is 17.6 Å². The molecule has 1 N–H and O–H groups in total. The van der Waals surface area contributed by atoms with Crippen molar-refractivity contribution in [1.82, 2.24) is 5.32 Å². The Hall–Kier alpha value is -0.770. The van der Waals surface area contributed by atoms with E-state index in [2.05, 4.69) is 19.2 Å². The zero-order chi connectivity index (χ0) is 20.6. The van der Waals surface area contributed by atoms with Gasteiger partial charge in [0, 0.05) is 23.8 Å². The fourth-order valence-electron chi connectivity index (χ4n) is 5.80. The molecule has 2 saturated carbocycles. The molecule has 160 valence electrons. The summed E-state index contributed by atoms with van der Waals surface area (Å²) < 4.78 is 6.61. The lowest BCUT2D eigenvalue weighted by Crippen LogP contribution is -2.61. The van der Waals surface area contributed by atoms with Crippen LogP contribution >= 0.6 is 23.2 Å².